The fourth-order valence-electron chi connectivity index (χ4n) is 1.50. The molecule has 0 fully saturated rings. The summed E-state index contributed by atoms with van der Waals surface area (Å²) in [5.41, 5.74) is 1.37. The second kappa shape index (κ2) is 7.08. The van der Waals surface area contributed by atoms with Gasteiger partial charge in [0.05, 0.1) is 40.7 Å². The molecule has 17 heavy (non-hydrogen) atoms. The van der Waals surface area contributed by atoms with Gasteiger partial charge in [0.25, 0.3) is 0 Å². The van der Waals surface area contributed by atoms with Crippen LogP contribution in [0.15, 0.2) is 24.3 Å². The van der Waals surface area contributed by atoms with E-state index in [1.807, 2.05) is 12.1 Å². The molecule has 1 rings (SSSR count). The van der Waals surface area contributed by atoms with Crippen molar-refractivity contribution >= 4 is 5.78 Å². The molecule has 0 saturated heterocycles. The fraction of sp³-hybridized carbons (Fsp3) is 0.462. The Kier molecular flexibility index (Phi) is 6.89. The number of hydrogen-bond donors (Lipinski definition) is 1. The van der Waals surface area contributed by atoms with E-state index in [-0.39, 0.29) is 36.4 Å². The lowest BCUT2D eigenvalue weighted by Gasteiger charge is -2.23. The fourth-order valence-corrected chi connectivity index (χ4v) is 1.50. The Balaban J connectivity index is 0.00000256. The molecule has 1 aromatic carbocycles. The van der Waals surface area contributed by atoms with Crippen molar-refractivity contribution in [2.45, 2.75) is 13.0 Å². The first-order valence-electron chi connectivity index (χ1n) is 5.46. The monoisotopic (exact) mass is 349 g/mol. The SMILES string of the molecule is C[N+](C)(C)CCC(=O)c1ccccc1CO.[I-]. The molecule has 0 radical (unpaired) electrons. The van der Waals surface area contributed by atoms with Gasteiger partial charge in [0.1, 0.15) is 0 Å². The predicted molar refractivity (Wildman–Crippen MR) is 64.2 cm³/mol. The van der Waals surface area contributed by atoms with Crippen molar-refractivity contribution in [2.75, 3.05) is 27.7 Å². The lowest BCUT2D eigenvalue weighted by molar-refractivity contribution is -0.869. The van der Waals surface area contributed by atoms with Gasteiger partial charge in [-0.25, -0.2) is 0 Å². The first kappa shape index (κ1) is 16.5. The summed E-state index contributed by atoms with van der Waals surface area (Å²) in [7, 11) is 6.18. The van der Waals surface area contributed by atoms with Gasteiger partial charge in [-0.2, -0.15) is 0 Å². The number of aliphatic hydroxyl groups excluding tert-OH is 1. The number of aliphatic hydroxyl groups is 1. The lowest BCUT2D eigenvalue weighted by Crippen LogP contribution is -3.00. The Morgan fingerprint density at radius 2 is 1.82 bits per heavy atom. The van der Waals surface area contributed by atoms with Crippen LogP contribution < -0.4 is 24.0 Å². The highest BCUT2D eigenvalue weighted by atomic mass is 127. The zero-order chi connectivity index (χ0) is 12.2. The maximum Gasteiger partial charge on any atom is 0.168 e. The normalized spacial score (nSPS) is 10.8. The number of carbonyl (C=O) groups excluding carboxylic acids is 1. The Morgan fingerprint density at radius 3 is 2.35 bits per heavy atom. The van der Waals surface area contributed by atoms with Gasteiger partial charge in [0, 0.05) is 5.56 Å². The van der Waals surface area contributed by atoms with Crippen LogP contribution in [0.2, 0.25) is 0 Å². The van der Waals surface area contributed by atoms with E-state index >= 15 is 0 Å². The van der Waals surface area contributed by atoms with E-state index in [0.717, 1.165) is 11.0 Å². The van der Waals surface area contributed by atoms with Crippen molar-refractivity contribution in [3.8, 4) is 0 Å². The van der Waals surface area contributed by atoms with E-state index in [2.05, 4.69) is 21.1 Å². The molecule has 1 N–H and O–H groups in total. The van der Waals surface area contributed by atoms with Gasteiger partial charge in [-0.05, 0) is 5.56 Å². The van der Waals surface area contributed by atoms with Crippen LogP contribution in [0.5, 0.6) is 0 Å². The van der Waals surface area contributed by atoms with Gasteiger partial charge in [-0.1, -0.05) is 24.3 Å². The average Bonchev–Trinajstić information content (AvgIpc) is 2.25. The van der Waals surface area contributed by atoms with Crippen LogP contribution in [-0.2, 0) is 6.61 Å². The molecule has 0 aliphatic rings. The minimum atomic E-state index is -0.0771. The number of halogens is 1. The first-order chi connectivity index (χ1) is 7.44. The topological polar surface area (TPSA) is 37.3 Å². The maximum atomic E-state index is 11.9. The zero-order valence-corrected chi connectivity index (χ0v) is 12.8. The molecule has 3 nitrogen and oxygen atoms in total. The summed E-state index contributed by atoms with van der Waals surface area (Å²) < 4.78 is 0.771. The van der Waals surface area contributed by atoms with Crippen molar-refractivity contribution in [2.24, 2.45) is 0 Å². The summed E-state index contributed by atoms with van der Waals surface area (Å²) in [5.74, 6) is 0.109. The van der Waals surface area contributed by atoms with Crippen molar-refractivity contribution in [1.82, 2.24) is 0 Å². The molecule has 0 heterocycles. The number of ketones is 1. The number of rotatable bonds is 5. The van der Waals surface area contributed by atoms with E-state index in [0.29, 0.717) is 17.5 Å². The third-order valence-corrected chi connectivity index (χ3v) is 2.50. The van der Waals surface area contributed by atoms with E-state index in [9.17, 15) is 4.79 Å². The molecular formula is C13H20INO2. The zero-order valence-electron chi connectivity index (χ0n) is 10.6. The van der Waals surface area contributed by atoms with Crippen LogP contribution in [0.1, 0.15) is 22.3 Å². The summed E-state index contributed by atoms with van der Waals surface area (Å²) >= 11 is 0. The molecule has 0 aliphatic carbocycles. The van der Waals surface area contributed by atoms with E-state index in [1.165, 1.54) is 0 Å². The molecule has 0 aliphatic heterocycles. The van der Waals surface area contributed by atoms with Crippen LogP contribution >= 0.6 is 0 Å². The van der Waals surface area contributed by atoms with E-state index < -0.39 is 0 Å². The summed E-state index contributed by atoms with van der Waals surface area (Å²) in [6, 6.07) is 7.24. The highest BCUT2D eigenvalue weighted by Gasteiger charge is 2.14. The van der Waals surface area contributed by atoms with Crippen LogP contribution in [0.3, 0.4) is 0 Å². The summed E-state index contributed by atoms with van der Waals surface area (Å²) in [6.07, 6.45) is 0.514. The molecular weight excluding hydrogens is 329 g/mol. The first-order valence-corrected chi connectivity index (χ1v) is 5.46. The molecule has 1 aromatic rings. The minimum absolute atomic E-state index is 0. The number of Topliss-reactive ketones (excluding diaryl/α,β-unsaturated/α-hetero) is 1. The van der Waals surface area contributed by atoms with E-state index in [1.54, 1.807) is 12.1 Å². The van der Waals surface area contributed by atoms with Crippen molar-refractivity contribution in [1.29, 1.82) is 0 Å². The molecule has 0 aromatic heterocycles. The molecule has 0 bridgehead atoms. The van der Waals surface area contributed by atoms with Crippen LogP contribution in [0, 0.1) is 0 Å². The number of carbonyl (C=O) groups is 1. The predicted octanol–water partition coefficient (Wildman–Crippen LogP) is -1.54. The standard InChI is InChI=1S/C13H20NO2.HI/c1-14(2,3)9-8-13(16)12-7-5-4-6-11(12)10-15;/h4-7,15H,8-10H2,1-3H3;1H/q+1;/p-1. The molecule has 96 valence electrons. The van der Waals surface area contributed by atoms with Gasteiger partial charge < -0.3 is 33.6 Å². The van der Waals surface area contributed by atoms with E-state index in [4.69, 9.17) is 5.11 Å². The maximum absolute atomic E-state index is 11.9. The molecule has 0 amide bonds. The smallest absolute Gasteiger partial charge is 0.168 e. The van der Waals surface area contributed by atoms with Crippen LogP contribution in [-0.4, -0.2) is 43.1 Å². The molecule has 0 saturated carbocycles. The van der Waals surface area contributed by atoms with Crippen molar-refractivity contribution in [3.05, 3.63) is 35.4 Å². The highest BCUT2D eigenvalue weighted by Crippen LogP contribution is 2.12. The Bertz CT molecular complexity index is 372. The molecule has 0 unspecified atom stereocenters. The Hall–Kier alpha value is -0.460. The third kappa shape index (κ3) is 5.61. The van der Waals surface area contributed by atoms with Gasteiger partial charge in [0.2, 0.25) is 0 Å². The van der Waals surface area contributed by atoms with Crippen molar-refractivity contribution in [3.63, 3.8) is 0 Å². The second-order valence-corrected chi connectivity index (χ2v) is 5.00. The lowest BCUT2D eigenvalue weighted by atomic mass is 10.0. The quantitative estimate of drug-likeness (QED) is 0.398. The molecule has 0 atom stereocenters. The number of quaternary nitrogens is 1. The van der Waals surface area contributed by atoms with Crippen molar-refractivity contribution < 1.29 is 38.4 Å². The number of hydrogen-bond acceptors (Lipinski definition) is 2. The van der Waals surface area contributed by atoms with Crippen LogP contribution in [0.25, 0.3) is 0 Å². The highest BCUT2D eigenvalue weighted by molar-refractivity contribution is 5.97. The summed E-state index contributed by atoms with van der Waals surface area (Å²) in [4.78, 5) is 11.9. The largest absolute Gasteiger partial charge is 1.00 e. The Labute approximate surface area is 120 Å². The van der Waals surface area contributed by atoms with Crippen LogP contribution in [0.4, 0.5) is 0 Å². The van der Waals surface area contributed by atoms with Gasteiger partial charge in [-0.15, -0.1) is 0 Å². The average molecular weight is 349 g/mol. The van der Waals surface area contributed by atoms with Gasteiger partial charge >= 0.3 is 0 Å². The van der Waals surface area contributed by atoms with Gasteiger partial charge in [0.15, 0.2) is 5.78 Å². The molecule has 0 spiro atoms. The summed E-state index contributed by atoms with van der Waals surface area (Å²) in [5, 5.41) is 9.14. The number of benzene rings is 1. The number of nitrogens with zero attached hydrogens (tertiary/aromatic N) is 1. The molecule has 4 heteroatoms. The minimum Gasteiger partial charge on any atom is -1.00 e. The Morgan fingerprint density at radius 1 is 1.24 bits per heavy atom. The third-order valence-electron chi connectivity index (χ3n) is 2.50. The van der Waals surface area contributed by atoms with Gasteiger partial charge in [-0.3, -0.25) is 4.79 Å². The summed E-state index contributed by atoms with van der Waals surface area (Å²) in [6.45, 7) is 0.727. The second-order valence-electron chi connectivity index (χ2n) is 5.00.